The molecule has 2 aliphatic rings. The summed E-state index contributed by atoms with van der Waals surface area (Å²) in [5.41, 5.74) is 2.14. The molecule has 2 heterocycles. The number of fused-ring (bicyclic) bond motifs is 1. The Labute approximate surface area is 274 Å². The zero-order chi connectivity index (χ0) is 32.2. The minimum Gasteiger partial charge on any atom is -0.457 e. The second-order valence-electron chi connectivity index (χ2n) is 10.6. The number of benzene rings is 3. The van der Waals surface area contributed by atoms with Gasteiger partial charge in [0.1, 0.15) is 18.2 Å². The number of carbonyl (C=O) groups excluding carboxylic acids is 4. The second kappa shape index (κ2) is 14.2. The van der Waals surface area contributed by atoms with E-state index in [2.05, 4.69) is 10.6 Å². The van der Waals surface area contributed by atoms with Crippen LogP contribution in [0.3, 0.4) is 0 Å². The lowest BCUT2D eigenvalue weighted by molar-refractivity contribution is -0.156. The number of esters is 2. The number of hydrogen-bond donors (Lipinski definition) is 2. The van der Waals surface area contributed by atoms with Gasteiger partial charge in [0, 0.05) is 19.0 Å². The lowest BCUT2D eigenvalue weighted by Gasteiger charge is -2.23. The van der Waals surface area contributed by atoms with Gasteiger partial charge in [0.15, 0.2) is 12.2 Å². The van der Waals surface area contributed by atoms with Gasteiger partial charge in [-0.3, -0.25) is 14.4 Å². The average Bonchev–Trinajstić information content (AvgIpc) is 3.56. The van der Waals surface area contributed by atoms with Crippen LogP contribution in [0.5, 0.6) is 0 Å². The molecule has 1 unspecified atom stereocenters. The van der Waals surface area contributed by atoms with Crippen LogP contribution < -0.4 is 10.6 Å². The van der Waals surface area contributed by atoms with Crippen molar-refractivity contribution >= 4 is 64.2 Å². The Morgan fingerprint density at radius 2 is 1.36 bits per heavy atom. The summed E-state index contributed by atoms with van der Waals surface area (Å²) in [7, 11) is 0. The minimum atomic E-state index is -1.12. The Morgan fingerprint density at radius 1 is 0.800 bits per heavy atom. The first-order valence-corrected chi connectivity index (χ1v) is 15.2. The topological polar surface area (TPSA) is 129 Å². The summed E-state index contributed by atoms with van der Waals surface area (Å²) in [6.45, 7) is 3.18. The Kier molecular flexibility index (Phi) is 10.3. The molecule has 2 amide bonds. The van der Waals surface area contributed by atoms with Crippen molar-refractivity contribution in [3.8, 4) is 0 Å². The van der Waals surface area contributed by atoms with Crippen molar-refractivity contribution in [3.63, 3.8) is 0 Å². The predicted molar refractivity (Wildman–Crippen MR) is 167 cm³/mol. The molecule has 2 aliphatic heterocycles. The van der Waals surface area contributed by atoms with Gasteiger partial charge in [-0.25, -0.2) is 4.79 Å². The highest BCUT2D eigenvalue weighted by molar-refractivity contribution is 6.40. The van der Waals surface area contributed by atoms with Gasteiger partial charge in [0.05, 0.1) is 39.4 Å². The molecular weight excluding hydrogens is 647 g/mol. The van der Waals surface area contributed by atoms with Gasteiger partial charge < -0.3 is 29.6 Å². The van der Waals surface area contributed by atoms with E-state index in [4.69, 9.17) is 53.8 Å². The number of rotatable bonds is 9. The molecule has 0 spiro atoms. The van der Waals surface area contributed by atoms with Crippen LogP contribution in [-0.2, 0) is 35.0 Å². The first kappa shape index (κ1) is 32.7. The van der Waals surface area contributed by atoms with Crippen molar-refractivity contribution in [1.82, 2.24) is 5.32 Å². The standard InChI is InChI=1S/C32H29Cl3N2O8/c1-16-5-3-6-20(33)26(16)30(39)37-23(32(41)45-25-15-43-28-24(44-17(2)38)14-42-29(25)28)13-18-9-11-19(12-10-18)36-31(40)27-21(34)7-4-8-22(27)35/h3-12,23-25,28-29H,13-15H2,1-2H3,(H,36,40)(H,37,39)/t23?,24-,25-,28+,29+/m0/s1. The molecule has 2 fully saturated rings. The maximum atomic E-state index is 13.6. The first-order chi connectivity index (χ1) is 21.5. The fraction of sp³-hybridized carbons (Fsp3) is 0.312. The molecule has 0 bridgehead atoms. The van der Waals surface area contributed by atoms with Crippen LogP contribution in [0.25, 0.3) is 0 Å². The lowest BCUT2D eigenvalue weighted by Crippen LogP contribution is -2.46. The molecule has 3 aromatic carbocycles. The summed E-state index contributed by atoms with van der Waals surface area (Å²) in [6, 6.07) is 15.4. The molecular formula is C32H29Cl3N2O8. The molecule has 13 heteroatoms. The second-order valence-corrected chi connectivity index (χ2v) is 11.9. The molecule has 3 aromatic rings. The van der Waals surface area contributed by atoms with Crippen molar-refractivity contribution < 1.29 is 38.1 Å². The highest BCUT2D eigenvalue weighted by Crippen LogP contribution is 2.31. The van der Waals surface area contributed by atoms with Crippen molar-refractivity contribution in [1.29, 1.82) is 0 Å². The van der Waals surface area contributed by atoms with Crippen LogP contribution >= 0.6 is 34.8 Å². The molecule has 236 valence electrons. The average molecular weight is 676 g/mol. The van der Waals surface area contributed by atoms with Gasteiger partial charge in [-0.05, 0) is 48.4 Å². The van der Waals surface area contributed by atoms with E-state index in [1.807, 2.05) is 0 Å². The lowest BCUT2D eigenvalue weighted by atomic mass is 10.0. The van der Waals surface area contributed by atoms with E-state index >= 15 is 0 Å². The SMILES string of the molecule is CC(=O)O[C@H]1CO[C@H]2[C@@H]1OC[C@@H]2OC(=O)C(Cc1ccc(NC(=O)c2c(Cl)cccc2Cl)cc1)NC(=O)c1c(C)cccc1Cl. The number of aryl methyl sites for hydroxylation is 1. The van der Waals surface area contributed by atoms with E-state index < -0.39 is 54.2 Å². The summed E-state index contributed by atoms with van der Waals surface area (Å²) < 4.78 is 22.5. The van der Waals surface area contributed by atoms with E-state index in [1.54, 1.807) is 67.6 Å². The summed E-state index contributed by atoms with van der Waals surface area (Å²) >= 11 is 18.6. The first-order valence-electron chi connectivity index (χ1n) is 14.0. The highest BCUT2D eigenvalue weighted by Gasteiger charge is 2.51. The van der Waals surface area contributed by atoms with Crippen LogP contribution in [0.4, 0.5) is 5.69 Å². The third-order valence-corrected chi connectivity index (χ3v) is 8.37. The number of ether oxygens (including phenoxy) is 4. The Balaban J connectivity index is 1.31. The summed E-state index contributed by atoms with van der Waals surface area (Å²) in [5.74, 6) is -2.21. The van der Waals surface area contributed by atoms with Crippen molar-refractivity contribution in [2.24, 2.45) is 0 Å². The van der Waals surface area contributed by atoms with Crippen LogP contribution in [0.2, 0.25) is 15.1 Å². The molecule has 2 N–H and O–H groups in total. The molecule has 45 heavy (non-hydrogen) atoms. The van der Waals surface area contributed by atoms with Gasteiger partial charge in [-0.1, -0.05) is 65.1 Å². The number of nitrogens with one attached hydrogen (secondary N) is 2. The van der Waals surface area contributed by atoms with Crippen LogP contribution in [0.15, 0.2) is 60.7 Å². The van der Waals surface area contributed by atoms with Crippen molar-refractivity contribution in [2.75, 3.05) is 18.5 Å². The fourth-order valence-corrected chi connectivity index (χ4v) is 6.16. The number of halogens is 3. The summed E-state index contributed by atoms with van der Waals surface area (Å²) in [6.07, 6.45) is -2.54. The zero-order valence-electron chi connectivity index (χ0n) is 24.2. The predicted octanol–water partition coefficient (Wildman–Crippen LogP) is 5.19. The Bertz CT molecular complexity index is 1580. The third kappa shape index (κ3) is 7.59. The molecule has 0 aromatic heterocycles. The molecule has 5 atom stereocenters. The molecule has 10 nitrogen and oxygen atoms in total. The van der Waals surface area contributed by atoms with E-state index in [0.717, 1.165) is 0 Å². The van der Waals surface area contributed by atoms with Crippen LogP contribution in [0, 0.1) is 6.92 Å². The van der Waals surface area contributed by atoms with Crippen LogP contribution in [0.1, 0.15) is 38.8 Å². The van der Waals surface area contributed by atoms with Gasteiger partial charge in [0.2, 0.25) is 0 Å². The Hall–Kier alpha value is -3.67. The third-order valence-electron chi connectivity index (χ3n) is 7.43. The Morgan fingerprint density at radius 3 is 1.93 bits per heavy atom. The maximum absolute atomic E-state index is 13.6. The molecule has 0 radical (unpaired) electrons. The molecule has 2 saturated heterocycles. The van der Waals surface area contributed by atoms with E-state index in [-0.39, 0.29) is 45.8 Å². The van der Waals surface area contributed by atoms with E-state index in [1.165, 1.54) is 6.92 Å². The number of amides is 2. The molecule has 5 rings (SSSR count). The normalized spacial score (nSPS) is 21.0. The smallest absolute Gasteiger partial charge is 0.329 e. The van der Waals surface area contributed by atoms with E-state index in [0.29, 0.717) is 16.8 Å². The number of carbonyl (C=O) groups is 4. The van der Waals surface area contributed by atoms with Gasteiger partial charge in [0.25, 0.3) is 11.8 Å². The highest BCUT2D eigenvalue weighted by atomic mass is 35.5. The van der Waals surface area contributed by atoms with Crippen molar-refractivity contribution in [3.05, 3.63) is 98.0 Å². The maximum Gasteiger partial charge on any atom is 0.329 e. The van der Waals surface area contributed by atoms with Gasteiger partial charge >= 0.3 is 11.9 Å². The van der Waals surface area contributed by atoms with Gasteiger partial charge in [-0.2, -0.15) is 0 Å². The largest absolute Gasteiger partial charge is 0.457 e. The van der Waals surface area contributed by atoms with Crippen LogP contribution in [-0.4, -0.2) is 67.4 Å². The number of anilines is 1. The summed E-state index contributed by atoms with van der Waals surface area (Å²) in [5, 5.41) is 6.18. The monoisotopic (exact) mass is 674 g/mol. The van der Waals surface area contributed by atoms with Gasteiger partial charge in [-0.15, -0.1) is 0 Å². The van der Waals surface area contributed by atoms with E-state index in [9.17, 15) is 19.2 Å². The summed E-state index contributed by atoms with van der Waals surface area (Å²) in [4.78, 5) is 51.2. The molecule has 0 saturated carbocycles. The number of hydrogen-bond acceptors (Lipinski definition) is 8. The molecule has 0 aliphatic carbocycles. The zero-order valence-corrected chi connectivity index (χ0v) is 26.4. The van der Waals surface area contributed by atoms with Crippen molar-refractivity contribution in [2.45, 2.75) is 50.7 Å². The quantitative estimate of drug-likeness (QED) is 0.297. The fourth-order valence-electron chi connectivity index (χ4n) is 5.29. The minimum absolute atomic E-state index is 0.0347.